The molecule has 0 bridgehead atoms. The minimum absolute atomic E-state index is 0.0478. The van der Waals surface area contributed by atoms with Crippen LogP contribution in [0.15, 0.2) is 23.0 Å². The predicted molar refractivity (Wildman–Crippen MR) is 125 cm³/mol. The summed E-state index contributed by atoms with van der Waals surface area (Å²) in [5, 5.41) is 14.1. The molecule has 1 saturated carbocycles. The number of aryl methyl sites for hydroxylation is 2. The van der Waals surface area contributed by atoms with Gasteiger partial charge in [0.1, 0.15) is 6.04 Å². The first-order valence-corrected chi connectivity index (χ1v) is 11.9. The summed E-state index contributed by atoms with van der Waals surface area (Å²) in [5.74, 6) is 0.802. The van der Waals surface area contributed by atoms with E-state index >= 15 is 0 Å². The van der Waals surface area contributed by atoms with Gasteiger partial charge in [-0.3, -0.25) is 9.69 Å². The molecular formula is C24H33N7O. The highest BCUT2D eigenvalue weighted by atomic mass is 16.1. The first-order chi connectivity index (χ1) is 15.5. The number of pyridine rings is 1. The summed E-state index contributed by atoms with van der Waals surface area (Å²) >= 11 is 0. The lowest BCUT2D eigenvalue weighted by molar-refractivity contribution is 0.119. The van der Waals surface area contributed by atoms with Gasteiger partial charge >= 0.3 is 0 Å². The first kappa shape index (κ1) is 21.3. The molecule has 2 fully saturated rings. The number of benzene rings is 1. The van der Waals surface area contributed by atoms with Gasteiger partial charge in [0.05, 0.1) is 11.6 Å². The van der Waals surface area contributed by atoms with E-state index in [0.717, 1.165) is 72.4 Å². The van der Waals surface area contributed by atoms with Gasteiger partial charge in [0, 0.05) is 37.1 Å². The molecular weight excluding hydrogens is 402 g/mol. The largest absolute Gasteiger partial charge is 0.321 e. The van der Waals surface area contributed by atoms with Gasteiger partial charge in [-0.1, -0.05) is 31.4 Å². The fourth-order valence-electron chi connectivity index (χ4n) is 5.34. The fraction of sp³-hybridized carbons (Fsp3) is 0.583. The molecule has 2 aliphatic rings. The summed E-state index contributed by atoms with van der Waals surface area (Å²) in [6.07, 6.45) is 5.88. The summed E-state index contributed by atoms with van der Waals surface area (Å²) in [6.45, 7) is 7.82. The second kappa shape index (κ2) is 8.75. The minimum Gasteiger partial charge on any atom is -0.321 e. The summed E-state index contributed by atoms with van der Waals surface area (Å²) in [5.41, 5.74) is 3.85. The number of aromatic amines is 1. The summed E-state index contributed by atoms with van der Waals surface area (Å²) in [4.78, 5) is 21.4. The molecule has 170 valence electrons. The maximum Gasteiger partial charge on any atom is 0.253 e. The smallest absolute Gasteiger partial charge is 0.253 e. The molecule has 8 nitrogen and oxygen atoms in total. The van der Waals surface area contributed by atoms with E-state index < -0.39 is 0 Å². The molecule has 1 atom stereocenters. The van der Waals surface area contributed by atoms with Crippen LogP contribution in [0.5, 0.6) is 0 Å². The highest BCUT2D eigenvalue weighted by Crippen LogP contribution is 2.33. The Kier molecular flexibility index (Phi) is 5.82. The Morgan fingerprint density at radius 1 is 1.03 bits per heavy atom. The molecule has 0 amide bonds. The molecule has 8 heteroatoms. The van der Waals surface area contributed by atoms with Gasteiger partial charge in [0.15, 0.2) is 5.82 Å². The highest BCUT2D eigenvalue weighted by molar-refractivity contribution is 5.85. The summed E-state index contributed by atoms with van der Waals surface area (Å²) < 4.78 is 2.02. The van der Waals surface area contributed by atoms with Crippen molar-refractivity contribution in [1.29, 1.82) is 0 Å². The van der Waals surface area contributed by atoms with Crippen molar-refractivity contribution in [2.75, 3.05) is 33.2 Å². The van der Waals surface area contributed by atoms with E-state index in [1.807, 2.05) is 11.6 Å². The monoisotopic (exact) mass is 435 g/mol. The van der Waals surface area contributed by atoms with E-state index in [0.29, 0.717) is 6.04 Å². The third-order valence-corrected chi connectivity index (χ3v) is 7.35. The van der Waals surface area contributed by atoms with Crippen molar-refractivity contribution in [1.82, 2.24) is 35.0 Å². The van der Waals surface area contributed by atoms with Crippen LogP contribution < -0.4 is 5.56 Å². The Morgan fingerprint density at radius 3 is 2.50 bits per heavy atom. The molecule has 1 aromatic carbocycles. The highest BCUT2D eigenvalue weighted by Gasteiger charge is 2.34. The molecule has 32 heavy (non-hydrogen) atoms. The van der Waals surface area contributed by atoms with Crippen LogP contribution in [-0.4, -0.2) is 68.2 Å². The van der Waals surface area contributed by atoms with Gasteiger partial charge in [0.2, 0.25) is 0 Å². The van der Waals surface area contributed by atoms with Gasteiger partial charge in [-0.05, 0) is 61.4 Å². The van der Waals surface area contributed by atoms with Gasteiger partial charge in [-0.2, -0.15) is 0 Å². The quantitative estimate of drug-likeness (QED) is 0.678. The van der Waals surface area contributed by atoms with Crippen LogP contribution in [0, 0.1) is 13.8 Å². The normalized spacial score (nSPS) is 20.1. The molecule has 5 rings (SSSR count). The summed E-state index contributed by atoms with van der Waals surface area (Å²) in [6, 6.07) is 6.33. The number of fused-ring (bicyclic) bond motifs is 1. The third-order valence-electron chi connectivity index (χ3n) is 7.35. The second-order valence-electron chi connectivity index (χ2n) is 9.56. The number of rotatable bonds is 4. The van der Waals surface area contributed by atoms with Crippen LogP contribution in [0.4, 0.5) is 0 Å². The van der Waals surface area contributed by atoms with Crippen molar-refractivity contribution in [3.63, 3.8) is 0 Å². The molecule has 1 aliphatic carbocycles. The zero-order chi connectivity index (χ0) is 22.2. The molecule has 0 radical (unpaired) electrons. The van der Waals surface area contributed by atoms with Crippen LogP contribution in [0.2, 0.25) is 0 Å². The number of H-pyrrole nitrogens is 1. The number of nitrogens with one attached hydrogen (secondary N) is 1. The SMILES string of the molecule is Cc1ccc(C)c2[nH]c(=O)c(C(c3nnnn3C3CCCCC3)N3CCN(C)CC3)cc12. The van der Waals surface area contributed by atoms with Gasteiger partial charge in [-0.25, -0.2) is 4.68 Å². The van der Waals surface area contributed by atoms with Crippen LogP contribution in [0.25, 0.3) is 10.9 Å². The molecule has 3 aromatic rings. The maximum absolute atomic E-state index is 13.5. The van der Waals surface area contributed by atoms with Crippen LogP contribution >= 0.6 is 0 Å². The standard InChI is InChI=1S/C24H33N7O/c1-16-9-10-17(2)21-19(16)15-20(24(32)25-21)22(30-13-11-29(3)12-14-30)23-26-27-28-31(23)18-7-5-4-6-8-18/h9-10,15,18,22H,4-8,11-14H2,1-3H3,(H,25,32). The fourth-order valence-corrected chi connectivity index (χ4v) is 5.34. The van der Waals surface area contributed by atoms with Gasteiger partial charge in [0.25, 0.3) is 5.56 Å². The topological polar surface area (TPSA) is 82.9 Å². The molecule has 1 N–H and O–H groups in total. The van der Waals surface area contributed by atoms with E-state index in [2.05, 4.69) is 62.5 Å². The zero-order valence-electron chi connectivity index (χ0n) is 19.3. The van der Waals surface area contributed by atoms with E-state index in [9.17, 15) is 4.79 Å². The number of nitrogens with zero attached hydrogens (tertiary/aromatic N) is 6. The molecule has 0 spiro atoms. The van der Waals surface area contributed by atoms with Gasteiger partial charge in [-0.15, -0.1) is 5.10 Å². The molecule has 3 heterocycles. The van der Waals surface area contributed by atoms with E-state index in [-0.39, 0.29) is 11.6 Å². The minimum atomic E-state index is -0.256. The molecule has 2 aromatic heterocycles. The Morgan fingerprint density at radius 2 is 1.75 bits per heavy atom. The van der Waals surface area contributed by atoms with E-state index in [1.165, 1.54) is 19.3 Å². The summed E-state index contributed by atoms with van der Waals surface area (Å²) in [7, 11) is 2.15. The van der Waals surface area contributed by atoms with Crippen molar-refractivity contribution >= 4 is 10.9 Å². The maximum atomic E-state index is 13.5. The van der Waals surface area contributed by atoms with Crippen LogP contribution in [0.1, 0.15) is 66.7 Å². The average Bonchev–Trinajstić information content (AvgIpc) is 3.28. The van der Waals surface area contributed by atoms with Gasteiger partial charge < -0.3 is 9.88 Å². The van der Waals surface area contributed by atoms with E-state index in [1.54, 1.807) is 0 Å². The second-order valence-corrected chi connectivity index (χ2v) is 9.56. The Hall–Kier alpha value is -2.58. The number of hydrogen-bond donors (Lipinski definition) is 1. The molecule has 1 saturated heterocycles. The number of aromatic nitrogens is 5. The average molecular weight is 436 g/mol. The number of tetrazole rings is 1. The van der Waals surface area contributed by atoms with Crippen molar-refractivity contribution in [3.05, 3.63) is 51.1 Å². The van der Waals surface area contributed by atoms with Crippen molar-refractivity contribution in [3.8, 4) is 0 Å². The van der Waals surface area contributed by atoms with Crippen molar-refractivity contribution in [2.24, 2.45) is 0 Å². The van der Waals surface area contributed by atoms with E-state index in [4.69, 9.17) is 0 Å². The third kappa shape index (κ3) is 3.86. The number of likely N-dealkylation sites (N-methyl/N-ethyl adjacent to an activating group) is 1. The van der Waals surface area contributed by atoms with Crippen molar-refractivity contribution < 1.29 is 0 Å². The Bertz CT molecular complexity index is 1150. The Balaban J connectivity index is 1.65. The molecule has 1 unspecified atom stereocenters. The predicted octanol–water partition coefficient (Wildman–Crippen LogP) is 2.97. The molecule has 1 aliphatic heterocycles. The van der Waals surface area contributed by atoms with Crippen LogP contribution in [0.3, 0.4) is 0 Å². The van der Waals surface area contributed by atoms with Crippen LogP contribution in [-0.2, 0) is 0 Å². The Labute approximate surface area is 188 Å². The number of piperazine rings is 1. The van der Waals surface area contributed by atoms with Crippen molar-refractivity contribution in [2.45, 2.75) is 58.0 Å². The lowest BCUT2D eigenvalue weighted by atomic mass is 9.94. The first-order valence-electron chi connectivity index (χ1n) is 11.9. The zero-order valence-corrected chi connectivity index (χ0v) is 19.3. The lowest BCUT2D eigenvalue weighted by Crippen LogP contribution is -2.47. The number of hydrogen-bond acceptors (Lipinski definition) is 6. The lowest BCUT2D eigenvalue weighted by Gasteiger charge is -2.37.